The van der Waals surface area contributed by atoms with Crippen LogP contribution in [0.4, 0.5) is 0 Å². The van der Waals surface area contributed by atoms with Gasteiger partial charge < -0.3 is 14.8 Å². The molecule has 1 aliphatic heterocycles. The van der Waals surface area contributed by atoms with E-state index >= 15 is 0 Å². The molecule has 5 heteroatoms. The smallest absolute Gasteiger partial charge is 0.311 e. The number of hydrogen-bond donors (Lipinski definition) is 1. The number of nitrogens with one attached hydrogen (secondary N) is 1. The summed E-state index contributed by atoms with van der Waals surface area (Å²) >= 11 is 0. The molecule has 27 heavy (non-hydrogen) atoms. The van der Waals surface area contributed by atoms with E-state index in [2.05, 4.69) is 17.4 Å². The normalized spacial score (nSPS) is 16.1. The van der Waals surface area contributed by atoms with E-state index in [4.69, 9.17) is 9.47 Å². The first-order valence-electron chi connectivity index (χ1n) is 9.46. The molecule has 0 saturated carbocycles. The lowest BCUT2D eigenvalue weighted by atomic mass is 9.88. The van der Waals surface area contributed by atoms with Gasteiger partial charge in [-0.15, -0.1) is 0 Å². The second kappa shape index (κ2) is 8.82. The predicted molar refractivity (Wildman–Crippen MR) is 103 cm³/mol. The third-order valence-electron chi connectivity index (χ3n) is 4.73. The number of rotatable bonds is 5. The summed E-state index contributed by atoms with van der Waals surface area (Å²) in [5, 5.41) is 3.47. The van der Waals surface area contributed by atoms with Gasteiger partial charge in [0.1, 0.15) is 0 Å². The van der Waals surface area contributed by atoms with Crippen LogP contribution in [0.15, 0.2) is 42.5 Å². The summed E-state index contributed by atoms with van der Waals surface area (Å²) in [6.45, 7) is 5.11. The highest BCUT2D eigenvalue weighted by Crippen LogP contribution is 2.38. The zero-order chi connectivity index (χ0) is 19.2. The van der Waals surface area contributed by atoms with Gasteiger partial charge in [-0.25, -0.2) is 0 Å². The molecule has 0 aliphatic carbocycles. The fraction of sp³-hybridized carbons (Fsp3) is 0.364. The minimum Gasteiger partial charge on any atom is -0.423 e. The van der Waals surface area contributed by atoms with Gasteiger partial charge in [0, 0.05) is 25.3 Å². The second-order valence-corrected chi connectivity index (χ2v) is 6.57. The molecule has 1 heterocycles. The van der Waals surface area contributed by atoms with E-state index in [9.17, 15) is 9.59 Å². The zero-order valence-electron chi connectivity index (χ0n) is 15.8. The number of esters is 2. The Labute approximate surface area is 159 Å². The van der Waals surface area contributed by atoms with Crippen molar-refractivity contribution in [2.24, 2.45) is 0 Å². The average molecular weight is 367 g/mol. The van der Waals surface area contributed by atoms with Crippen molar-refractivity contribution in [3.63, 3.8) is 0 Å². The van der Waals surface area contributed by atoms with Gasteiger partial charge in [-0.2, -0.15) is 0 Å². The Kier molecular flexibility index (Phi) is 6.24. The highest BCUT2D eigenvalue weighted by Gasteiger charge is 2.24. The van der Waals surface area contributed by atoms with Gasteiger partial charge in [-0.3, -0.25) is 9.59 Å². The third kappa shape index (κ3) is 4.55. The van der Waals surface area contributed by atoms with Crippen molar-refractivity contribution in [3.8, 4) is 11.5 Å². The SMILES string of the molecule is CCC(=O)Oc1cc2c(cc1OC(=O)CC)C(c1ccccc1)CNCC2. The van der Waals surface area contributed by atoms with Crippen molar-refractivity contribution < 1.29 is 19.1 Å². The largest absolute Gasteiger partial charge is 0.423 e. The lowest BCUT2D eigenvalue weighted by molar-refractivity contribution is -0.136. The number of carbonyl (C=O) groups is 2. The van der Waals surface area contributed by atoms with E-state index in [-0.39, 0.29) is 30.7 Å². The molecule has 1 atom stereocenters. The van der Waals surface area contributed by atoms with Crippen LogP contribution in [-0.2, 0) is 16.0 Å². The Hall–Kier alpha value is -2.66. The first-order chi connectivity index (χ1) is 13.1. The number of fused-ring (bicyclic) bond motifs is 1. The average Bonchev–Trinajstić information content (AvgIpc) is 2.90. The molecule has 0 aromatic heterocycles. The van der Waals surface area contributed by atoms with Crippen LogP contribution in [0.2, 0.25) is 0 Å². The summed E-state index contributed by atoms with van der Waals surface area (Å²) < 4.78 is 10.9. The molecule has 0 amide bonds. The summed E-state index contributed by atoms with van der Waals surface area (Å²) in [4.78, 5) is 23.7. The number of carbonyl (C=O) groups excluding carboxylic acids is 2. The van der Waals surface area contributed by atoms with Gasteiger partial charge >= 0.3 is 11.9 Å². The molecule has 142 valence electrons. The topological polar surface area (TPSA) is 64.6 Å². The summed E-state index contributed by atoms with van der Waals surface area (Å²) in [7, 11) is 0. The summed E-state index contributed by atoms with van der Waals surface area (Å²) in [5.41, 5.74) is 3.39. The standard InChI is InChI=1S/C22H25NO4/c1-3-21(24)26-19-12-16-10-11-23-14-18(15-8-6-5-7-9-15)17(16)13-20(19)27-22(25)4-2/h5-9,12-13,18,23H,3-4,10-11,14H2,1-2H3. The minimum absolute atomic E-state index is 0.138. The van der Waals surface area contributed by atoms with E-state index in [1.54, 1.807) is 13.8 Å². The Morgan fingerprint density at radius 1 is 1.00 bits per heavy atom. The van der Waals surface area contributed by atoms with Crippen molar-refractivity contribution in [1.29, 1.82) is 0 Å². The van der Waals surface area contributed by atoms with Crippen molar-refractivity contribution in [2.45, 2.75) is 39.0 Å². The Bertz CT molecular complexity index is 817. The van der Waals surface area contributed by atoms with Crippen LogP contribution in [0, 0.1) is 0 Å². The maximum atomic E-state index is 11.9. The molecule has 1 N–H and O–H groups in total. The molecule has 0 radical (unpaired) electrons. The Morgan fingerprint density at radius 2 is 1.63 bits per heavy atom. The Balaban J connectivity index is 2.07. The van der Waals surface area contributed by atoms with E-state index in [1.807, 2.05) is 30.3 Å². The van der Waals surface area contributed by atoms with E-state index in [0.29, 0.717) is 11.5 Å². The second-order valence-electron chi connectivity index (χ2n) is 6.57. The Morgan fingerprint density at radius 3 is 2.26 bits per heavy atom. The third-order valence-corrected chi connectivity index (χ3v) is 4.73. The predicted octanol–water partition coefficient (Wildman–Crippen LogP) is 3.60. The highest BCUT2D eigenvalue weighted by atomic mass is 16.6. The molecule has 1 aliphatic rings. The van der Waals surface area contributed by atoms with E-state index in [0.717, 1.165) is 30.6 Å². The molecule has 0 spiro atoms. The van der Waals surface area contributed by atoms with Crippen molar-refractivity contribution in [1.82, 2.24) is 5.32 Å². The molecule has 0 saturated heterocycles. The van der Waals surface area contributed by atoms with Crippen LogP contribution in [0.25, 0.3) is 0 Å². The fourth-order valence-electron chi connectivity index (χ4n) is 3.27. The first-order valence-corrected chi connectivity index (χ1v) is 9.46. The molecule has 0 bridgehead atoms. The van der Waals surface area contributed by atoms with Crippen LogP contribution in [0.3, 0.4) is 0 Å². The van der Waals surface area contributed by atoms with Crippen LogP contribution in [0.5, 0.6) is 11.5 Å². The molecule has 3 rings (SSSR count). The monoisotopic (exact) mass is 367 g/mol. The quantitative estimate of drug-likeness (QED) is 0.646. The minimum atomic E-state index is -0.355. The maximum absolute atomic E-state index is 11.9. The number of benzene rings is 2. The van der Waals surface area contributed by atoms with Gasteiger partial charge in [-0.05, 0) is 41.8 Å². The number of ether oxygens (including phenoxy) is 2. The van der Waals surface area contributed by atoms with Gasteiger partial charge in [0.2, 0.25) is 0 Å². The van der Waals surface area contributed by atoms with Crippen molar-refractivity contribution in [2.75, 3.05) is 13.1 Å². The summed E-state index contributed by atoms with van der Waals surface area (Å²) in [6.07, 6.45) is 1.33. The van der Waals surface area contributed by atoms with E-state index < -0.39 is 0 Å². The summed E-state index contributed by atoms with van der Waals surface area (Å²) in [5.74, 6) is 0.0573. The molecular weight excluding hydrogens is 342 g/mol. The lowest BCUT2D eigenvalue weighted by Gasteiger charge is -2.20. The van der Waals surface area contributed by atoms with Crippen LogP contribution in [0.1, 0.15) is 49.3 Å². The van der Waals surface area contributed by atoms with Gasteiger partial charge in [0.25, 0.3) is 0 Å². The summed E-state index contributed by atoms with van der Waals surface area (Å²) in [6, 6.07) is 14.0. The maximum Gasteiger partial charge on any atom is 0.311 e. The van der Waals surface area contributed by atoms with Gasteiger partial charge in [0.15, 0.2) is 11.5 Å². The van der Waals surface area contributed by atoms with Crippen LogP contribution >= 0.6 is 0 Å². The lowest BCUT2D eigenvalue weighted by Crippen LogP contribution is -2.20. The van der Waals surface area contributed by atoms with E-state index in [1.165, 1.54) is 5.56 Å². The molecule has 1 unspecified atom stereocenters. The van der Waals surface area contributed by atoms with Gasteiger partial charge in [-0.1, -0.05) is 44.2 Å². The van der Waals surface area contributed by atoms with Crippen molar-refractivity contribution in [3.05, 3.63) is 59.2 Å². The molecule has 0 fully saturated rings. The van der Waals surface area contributed by atoms with Crippen molar-refractivity contribution >= 4 is 11.9 Å². The molecule has 5 nitrogen and oxygen atoms in total. The molecule has 2 aromatic rings. The first kappa shape index (κ1) is 19.1. The highest BCUT2D eigenvalue weighted by molar-refractivity contribution is 5.76. The van der Waals surface area contributed by atoms with Gasteiger partial charge in [0.05, 0.1) is 0 Å². The van der Waals surface area contributed by atoms with Crippen LogP contribution < -0.4 is 14.8 Å². The van der Waals surface area contributed by atoms with Crippen LogP contribution in [-0.4, -0.2) is 25.0 Å². The molecule has 2 aromatic carbocycles. The number of hydrogen-bond acceptors (Lipinski definition) is 5. The zero-order valence-corrected chi connectivity index (χ0v) is 15.8. The molecular formula is C22H25NO4. The fourth-order valence-corrected chi connectivity index (χ4v) is 3.27.